The van der Waals surface area contributed by atoms with Gasteiger partial charge in [0.05, 0.1) is 5.92 Å². The summed E-state index contributed by atoms with van der Waals surface area (Å²) in [6, 6.07) is 30.7. The smallest absolute Gasteiger partial charge is 0.315 e. The standard InChI is InChI=1S/C29H25ClN2O2/c1-19(2)28(26-12-6-8-20-7-3-4-11-25(20)26)29(33)34-27(18-31)21-9-5-10-24(17-21)32-23-15-13-22(30)14-16-23/h3-17,19,27-28,32H,1-2H3. The Balaban J connectivity index is 1.58. The number of fused-ring (bicyclic) bond motifs is 1. The molecule has 4 nitrogen and oxygen atoms in total. The highest BCUT2D eigenvalue weighted by molar-refractivity contribution is 6.30. The molecule has 5 heteroatoms. The van der Waals surface area contributed by atoms with E-state index in [1.807, 2.05) is 86.6 Å². The number of esters is 1. The van der Waals surface area contributed by atoms with Crippen molar-refractivity contribution in [2.45, 2.75) is 25.9 Å². The van der Waals surface area contributed by atoms with Crippen molar-refractivity contribution in [2.24, 2.45) is 5.92 Å². The lowest BCUT2D eigenvalue weighted by molar-refractivity contribution is -0.149. The van der Waals surface area contributed by atoms with Crippen LogP contribution in [0.15, 0.2) is 91.0 Å². The average Bonchev–Trinajstić information content (AvgIpc) is 2.84. The van der Waals surface area contributed by atoms with E-state index in [1.54, 1.807) is 18.2 Å². The first-order valence-electron chi connectivity index (χ1n) is 11.2. The van der Waals surface area contributed by atoms with Crippen molar-refractivity contribution >= 4 is 39.7 Å². The normalized spacial score (nSPS) is 12.7. The molecule has 0 aliphatic heterocycles. The summed E-state index contributed by atoms with van der Waals surface area (Å²) in [6.07, 6.45) is -1.02. The summed E-state index contributed by atoms with van der Waals surface area (Å²) in [5, 5.41) is 15.9. The van der Waals surface area contributed by atoms with Crippen molar-refractivity contribution in [1.82, 2.24) is 0 Å². The first kappa shape index (κ1) is 23.4. The summed E-state index contributed by atoms with van der Waals surface area (Å²) < 4.78 is 5.79. The predicted molar refractivity (Wildman–Crippen MR) is 137 cm³/mol. The molecule has 0 saturated heterocycles. The van der Waals surface area contributed by atoms with E-state index >= 15 is 0 Å². The molecule has 0 spiro atoms. The van der Waals surface area contributed by atoms with Crippen LogP contribution in [0, 0.1) is 17.2 Å². The zero-order valence-corrected chi connectivity index (χ0v) is 19.8. The van der Waals surface area contributed by atoms with Gasteiger partial charge in [-0.25, -0.2) is 0 Å². The van der Waals surface area contributed by atoms with Gasteiger partial charge in [0.25, 0.3) is 0 Å². The Morgan fingerprint density at radius 1 is 0.912 bits per heavy atom. The number of benzene rings is 4. The maximum absolute atomic E-state index is 13.4. The van der Waals surface area contributed by atoms with Crippen molar-refractivity contribution in [1.29, 1.82) is 5.26 Å². The van der Waals surface area contributed by atoms with E-state index in [0.29, 0.717) is 10.6 Å². The fourth-order valence-corrected chi connectivity index (χ4v) is 4.24. The van der Waals surface area contributed by atoms with Crippen LogP contribution >= 0.6 is 11.6 Å². The van der Waals surface area contributed by atoms with Gasteiger partial charge in [-0.05, 0) is 58.7 Å². The van der Waals surface area contributed by atoms with Gasteiger partial charge in [-0.15, -0.1) is 0 Å². The lowest BCUT2D eigenvalue weighted by atomic mass is 9.85. The van der Waals surface area contributed by atoms with Crippen molar-refractivity contribution in [3.05, 3.63) is 107 Å². The van der Waals surface area contributed by atoms with Crippen LogP contribution in [0.5, 0.6) is 0 Å². The summed E-state index contributed by atoms with van der Waals surface area (Å²) in [5.41, 5.74) is 3.16. The first-order chi connectivity index (χ1) is 16.5. The van der Waals surface area contributed by atoms with Gasteiger partial charge in [0, 0.05) is 22.0 Å². The molecule has 4 aromatic rings. The Morgan fingerprint density at radius 3 is 2.35 bits per heavy atom. The van der Waals surface area contributed by atoms with Crippen LogP contribution in [0.2, 0.25) is 5.02 Å². The number of anilines is 2. The van der Waals surface area contributed by atoms with E-state index in [0.717, 1.165) is 27.7 Å². The molecule has 0 radical (unpaired) electrons. The minimum absolute atomic E-state index is 0.00412. The number of nitrogens with zero attached hydrogens (tertiary/aromatic N) is 1. The van der Waals surface area contributed by atoms with Gasteiger partial charge >= 0.3 is 5.97 Å². The Kier molecular flexibility index (Phi) is 7.15. The van der Waals surface area contributed by atoms with Crippen LogP contribution in [0.1, 0.15) is 37.0 Å². The Labute approximate surface area is 204 Å². The van der Waals surface area contributed by atoms with Gasteiger partial charge < -0.3 is 10.1 Å². The number of halogens is 1. The van der Waals surface area contributed by atoms with E-state index in [2.05, 4.69) is 11.4 Å². The molecule has 2 unspecified atom stereocenters. The second kappa shape index (κ2) is 10.4. The lowest BCUT2D eigenvalue weighted by Crippen LogP contribution is -2.23. The number of nitriles is 1. The second-order valence-electron chi connectivity index (χ2n) is 8.49. The molecule has 0 aliphatic rings. The van der Waals surface area contributed by atoms with Crippen LogP contribution in [0.25, 0.3) is 10.8 Å². The first-order valence-corrected chi connectivity index (χ1v) is 11.5. The minimum atomic E-state index is -1.02. The van der Waals surface area contributed by atoms with E-state index in [4.69, 9.17) is 16.3 Å². The van der Waals surface area contributed by atoms with E-state index in [1.165, 1.54) is 0 Å². The highest BCUT2D eigenvalue weighted by Gasteiger charge is 2.30. The summed E-state index contributed by atoms with van der Waals surface area (Å²) in [7, 11) is 0. The van der Waals surface area contributed by atoms with Crippen LogP contribution in [0.3, 0.4) is 0 Å². The molecule has 0 heterocycles. The number of ether oxygens (including phenoxy) is 1. The summed E-state index contributed by atoms with van der Waals surface area (Å²) in [5.74, 6) is -0.901. The number of rotatable bonds is 7. The quantitative estimate of drug-likeness (QED) is 0.281. The Hall–Kier alpha value is -3.81. The highest BCUT2D eigenvalue weighted by Crippen LogP contribution is 2.34. The molecule has 1 N–H and O–H groups in total. The molecule has 0 fully saturated rings. The van der Waals surface area contributed by atoms with Crippen LogP contribution in [-0.2, 0) is 9.53 Å². The summed E-state index contributed by atoms with van der Waals surface area (Å²) in [6.45, 7) is 3.98. The van der Waals surface area contributed by atoms with Crippen molar-refractivity contribution < 1.29 is 9.53 Å². The molecule has 0 bridgehead atoms. The number of hydrogen-bond acceptors (Lipinski definition) is 4. The molecule has 4 aromatic carbocycles. The maximum atomic E-state index is 13.4. The number of carbonyl (C=O) groups is 1. The molecular formula is C29H25ClN2O2. The molecule has 0 amide bonds. The van der Waals surface area contributed by atoms with Gasteiger partial charge in [-0.2, -0.15) is 5.26 Å². The third-order valence-corrected chi connectivity index (χ3v) is 6.00. The SMILES string of the molecule is CC(C)C(C(=O)OC(C#N)c1cccc(Nc2ccc(Cl)cc2)c1)c1cccc2ccccc12. The molecular weight excluding hydrogens is 444 g/mol. The van der Waals surface area contributed by atoms with Gasteiger partial charge in [-0.3, -0.25) is 4.79 Å². The average molecular weight is 469 g/mol. The van der Waals surface area contributed by atoms with Crippen LogP contribution < -0.4 is 5.32 Å². The minimum Gasteiger partial charge on any atom is -0.441 e. The highest BCUT2D eigenvalue weighted by atomic mass is 35.5. The van der Waals surface area contributed by atoms with E-state index < -0.39 is 18.0 Å². The summed E-state index contributed by atoms with van der Waals surface area (Å²) >= 11 is 5.96. The topological polar surface area (TPSA) is 62.1 Å². The van der Waals surface area contributed by atoms with Crippen LogP contribution in [0.4, 0.5) is 11.4 Å². The zero-order chi connectivity index (χ0) is 24.1. The van der Waals surface area contributed by atoms with Gasteiger partial charge in [-0.1, -0.05) is 80.0 Å². The predicted octanol–water partition coefficient (Wildman–Crippen LogP) is 7.78. The van der Waals surface area contributed by atoms with Gasteiger partial charge in [0.1, 0.15) is 6.07 Å². The van der Waals surface area contributed by atoms with E-state index in [-0.39, 0.29) is 5.92 Å². The van der Waals surface area contributed by atoms with E-state index in [9.17, 15) is 10.1 Å². The largest absolute Gasteiger partial charge is 0.441 e. The van der Waals surface area contributed by atoms with Crippen molar-refractivity contribution in [2.75, 3.05) is 5.32 Å². The monoisotopic (exact) mass is 468 g/mol. The Bertz CT molecular complexity index is 1340. The number of hydrogen-bond donors (Lipinski definition) is 1. The molecule has 0 aliphatic carbocycles. The molecule has 170 valence electrons. The number of nitrogens with one attached hydrogen (secondary N) is 1. The third kappa shape index (κ3) is 5.22. The van der Waals surface area contributed by atoms with Gasteiger partial charge in [0.15, 0.2) is 0 Å². The lowest BCUT2D eigenvalue weighted by Gasteiger charge is -2.23. The molecule has 4 rings (SSSR count). The van der Waals surface area contributed by atoms with Crippen LogP contribution in [-0.4, -0.2) is 5.97 Å². The fraction of sp³-hybridized carbons (Fsp3) is 0.172. The van der Waals surface area contributed by atoms with Crippen molar-refractivity contribution in [3.8, 4) is 6.07 Å². The Morgan fingerprint density at radius 2 is 1.62 bits per heavy atom. The molecule has 2 atom stereocenters. The van der Waals surface area contributed by atoms with Crippen molar-refractivity contribution in [3.63, 3.8) is 0 Å². The second-order valence-corrected chi connectivity index (χ2v) is 8.93. The molecule has 0 aromatic heterocycles. The maximum Gasteiger partial charge on any atom is 0.315 e. The fourth-order valence-electron chi connectivity index (χ4n) is 4.12. The van der Waals surface area contributed by atoms with Gasteiger partial charge in [0.2, 0.25) is 6.10 Å². The number of carbonyl (C=O) groups excluding carboxylic acids is 1. The zero-order valence-electron chi connectivity index (χ0n) is 19.0. The third-order valence-electron chi connectivity index (χ3n) is 5.75. The summed E-state index contributed by atoms with van der Waals surface area (Å²) in [4.78, 5) is 13.4. The molecule has 34 heavy (non-hydrogen) atoms. The molecule has 0 saturated carbocycles.